The number of benzene rings is 1. The summed E-state index contributed by atoms with van der Waals surface area (Å²) in [6, 6.07) is 6.09. The molecule has 1 saturated heterocycles. The van der Waals surface area contributed by atoms with Gasteiger partial charge in [-0.05, 0) is 38.3 Å². The third-order valence-electron chi connectivity index (χ3n) is 4.07. The van der Waals surface area contributed by atoms with Gasteiger partial charge in [-0.25, -0.2) is 8.42 Å². The fraction of sp³-hybridized carbons (Fsp3) is 0.562. The van der Waals surface area contributed by atoms with Gasteiger partial charge in [-0.15, -0.1) is 0 Å². The van der Waals surface area contributed by atoms with Crippen molar-refractivity contribution in [2.45, 2.75) is 39.3 Å². The summed E-state index contributed by atoms with van der Waals surface area (Å²) in [6.07, 6.45) is 0.514. The molecule has 1 fully saturated rings. The second-order valence-electron chi connectivity index (χ2n) is 6.13. The summed E-state index contributed by atoms with van der Waals surface area (Å²) in [4.78, 5) is 11.9. The standard InChI is InChI=1S/C16H24N2O3S/c1-11-4-5-12(2)15(8-11)13(3)17-9-16(19)18-14-6-7-22(20,21)10-14/h4-5,8,13-14,17H,6-7,9-10H2,1-3H3,(H,18,19)/t13-,14-/m1/s1. The molecule has 2 N–H and O–H groups in total. The average molecular weight is 324 g/mol. The number of hydrogen-bond acceptors (Lipinski definition) is 4. The summed E-state index contributed by atoms with van der Waals surface area (Å²) < 4.78 is 22.8. The molecule has 0 saturated carbocycles. The fourth-order valence-corrected chi connectivity index (χ4v) is 4.44. The molecule has 22 heavy (non-hydrogen) atoms. The number of amides is 1. The summed E-state index contributed by atoms with van der Waals surface area (Å²) in [5, 5.41) is 5.99. The fourth-order valence-electron chi connectivity index (χ4n) is 2.77. The van der Waals surface area contributed by atoms with Crippen LogP contribution in [0.15, 0.2) is 18.2 Å². The van der Waals surface area contributed by atoms with Crippen LogP contribution in [0, 0.1) is 13.8 Å². The van der Waals surface area contributed by atoms with Crippen LogP contribution < -0.4 is 10.6 Å². The van der Waals surface area contributed by atoms with Gasteiger partial charge in [0.05, 0.1) is 18.1 Å². The lowest BCUT2D eigenvalue weighted by Gasteiger charge is -2.18. The second-order valence-corrected chi connectivity index (χ2v) is 8.36. The highest BCUT2D eigenvalue weighted by Crippen LogP contribution is 2.18. The van der Waals surface area contributed by atoms with E-state index in [2.05, 4.69) is 35.8 Å². The minimum absolute atomic E-state index is 0.0608. The molecule has 2 rings (SSSR count). The SMILES string of the molecule is Cc1ccc(C)c([C@@H](C)NCC(=O)N[C@@H]2CCS(=O)(=O)C2)c1. The summed E-state index contributed by atoms with van der Waals surface area (Å²) in [5.74, 6) is 0.0782. The Morgan fingerprint density at radius 3 is 2.73 bits per heavy atom. The van der Waals surface area contributed by atoms with E-state index in [-0.39, 0.29) is 36.0 Å². The smallest absolute Gasteiger partial charge is 0.234 e. The number of aryl methyl sites for hydroxylation is 2. The van der Waals surface area contributed by atoms with Crippen LogP contribution in [-0.4, -0.2) is 38.4 Å². The molecule has 6 heteroatoms. The molecule has 0 radical (unpaired) electrons. The molecule has 1 aliphatic rings. The molecule has 0 aliphatic carbocycles. The van der Waals surface area contributed by atoms with E-state index < -0.39 is 9.84 Å². The lowest BCUT2D eigenvalue weighted by molar-refractivity contribution is -0.120. The topological polar surface area (TPSA) is 75.3 Å². The predicted octanol–water partition coefficient (Wildman–Crippen LogP) is 1.26. The van der Waals surface area contributed by atoms with E-state index in [9.17, 15) is 13.2 Å². The highest BCUT2D eigenvalue weighted by atomic mass is 32.2. The molecule has 2 atom stereocenters. The minimum atomic E-state index is -2.96. The number of carbonyl (C=O) groups is 1. The van der Waals surface area contributed by atoms with Crippen molar-refractivity contribution in [3.63, 3.8) is 0 Å². The van der Waals surface area contributed by atoms with Crippen molar-refractivity contribution < 1.29 is 13.2 Å². The van der Waals surface area contributed by atoms with Crippen LogP contribution >= 0.6 is 0 Å². The zero-order chi connectivity index (χ0) is 16.3. The normalized spacial score (nSPS) is 21.5. The largest absolute Gasteiger partial charge is 0.351 e. The van der Waals surface area contributed by atoms with E-state index >= 15 is 0 Å². The second kappa shape index (κ2) is 6.79. The Labute approximate surface area is 132 Å². The van der Waals surface area contributed by atoms with E-state index in [1.54, 1.807) is 0 Å². The monoisotopic (exact) mass is 324 g/mol. The van der Waals surface area contributed by atoms with Crippen LogP contribution in [0.2, 0.25) is 0 Å². The van der Waals surface area contributed by atoms with E-state index in [0.29, 0.717) is 6.42 Å². The quantitative estimate of drug-likeness (QED) is 0.855. The van der Waals surface area contributed by atoms with Gasteiger partial charge in [0, 0.05) is 12.1 Å². The molecule has 0 aromatic heterocycles. The highest BCUT2D eigenvalue weighted by molar-refractivity contribution is 7.91. The highest BCUT2D eigenvalue weighted by Gasteiger charge is 2.28. The molecule has 1 amide bonds. The first-order chi connectivity index (χ1) is 10.3. The zero-order valence-electron chi connectivity index (χ0n) is 13.3. The first kappa shape index (κ1) is 17.0. The zero-order valence-corrected chi connectivity index (χ0v) is 14.2. The van der Waals surface area contributed by atoms with E-state index in [1.165, 1.54) is 16.7 Å². The van der Waals surface area contributed by atoms with Crippen LogP contribution in [-0.2, 0) is 14.6 Å². The predicted molar refractivity (Wildman–Crippen MR) is 87.5 cm³/mol. The Balaban J connectivity index is 1.84. The maximum Gasteiger partial charge on any atom is 0.234 e. The van der Waals surface area contributed by atoms with Crippen molar-refractivity contribution in [3.05, 3.63) is 34.9 Å². The van der Waals surface area contributed by atoms with Gasteiger partial charge in [0.15, 0.2) is 9.84 Å². The third kappa shape index (κ3) is 4.55. The van der Waals surface area contributed by atoms with Crippen molar-refractivity contribution >= 4 is 15.7 Å². The maximum atomic E-state index is 11.9. The summed E-state index contributed by atoms with van der Waals surface area (Å²) >= 11 is 0. The lowest BCUT2D eigenvalue weighted by Crippen LogP contribution is -2.41. The Kier molecular flexibility index (Phi) is 5.24. The molecule has 0 bridgehead atoms. The minimum Gasteiger partial charge on any atom is -0.351 e. The van der Waals surface area contributed by atoms with E-state index in [1.807, 2.05) is 13.8 Å². The molecule has 1 aromatic rings. The number of carbonyl (C=O) groups excluding carboxylic acids is 1. The van der Waals surface area contributed by atoms with Crippen molar-refractivity contribution in [1.29, 1.82) is 0 Å². The Morgan fingerprint density at radius 1 is 1.36 bits per heavy atom. The molecule has 1 heterocycles. The first-order valence-corrected chi connectivity index (χ1v) is 9.39. The van der Waals surface area contributed by atoms with Crippen molar-refractivity contribution in [2.75, 3.05) is 18.1 Å². The number of nitrogens with one attached hydrogen (secondary N) is 2. The van der Waals surface area contributed by atoms with Crippen molar-refractivity contribution in [1.82, 2.24) is 10.6 Å². The van der Waals surface area contributed by atoms with E-state index in [4.69, 9.17) is 0 Å². The van der Waals surface area contributed by atoms with E-state index in [0.717, 1.165) is 0 Å². The first-order valence-electron chi connectivity index (χ1n) is 7.57. The van der Waals surface area contributed by atoms with Gasteiger partial charge >= 0.3 is 0 Å². The van der Waals surface area contributed by atoms with Crippen molar-refractivity contribution in [3.8, 4) is 0 Å². The van der Waals surface area contributed by atoms with Gasteiger partial charge in [0.2, 0.25) is 5.91 Å². The maximum absolute atomic E-state index is 11.9. The number of hydrogen-bond donors (Lipinski definition) is 2. The van der Waals surface area contributed by atoms with Gasteiger partial charge in [0.1, 0.15) is 0 Å². The molecule has 0 unspecified atom stereocenters. The van der Waals surface area contributed by atoms with Crippen LogP contribution in [0.25, 0.3) is 0 Å². The number of sulfone groups is 1. The average Bonchev–Trinajstić information content (AvgIpc) is 2.78. The summed E-state index contributed by atoms with van der Waals surface area (Å²) in [5.41, 5.74) is 3.55. The molecule has 0 spiro atoms. The van der Waals surface area contributed by atoms with Gasteiger partial charge in [-0.1, -0.05) is 23.8 Å². The molecule has 122 valence electrons. The Hall–Kier alpha value is -1.40. The van der Waals surface area contributed by atoms with Crippen LogP contribution in [0.5, 0.6) is 0 Å². The van der Waals surface area contributed by atoms with Crippen LogP contribution in [0.3, 0.4) is 0 Å². The van der Waals surface area contributed by atoms with Crippen LogP contribution in [0.4, 0.5) is 0 Å². The molecule has 1 aliphatic heterocycles. The van der Waals surface area contributed by atoms with Gasteiger partial charge in [-0.3, -0.25) is 4.79 Å². The Bertz CT molecular complexity index is 655. The third-order valence-corrected chi connectivity index (χ3v) is 5.84. The number of rotatable bonds is 5. The van der Waals surface area contributed by atoms with Crippen LogP contribution in [0.1, 0.15) is 36.1 Å². The van der Waals surface area contributed by atoms with Gasteiger partial charge in [0.25, 0.3) is 0 Å². The molecule has 5 nitrogen and oxygen atoms in total. The molecular formula is C16H24N2O3S. The van der Waals surface area contributed by atoms with Gasteiger partial charge in [-0.2, -0.15) is 0 Å². The molecular weight excluding hydrogens is 300 g/mol. The summed E-state index contributed by atoms with van der Waals surface area (Å²) in [7, 11) is -2.96. The molecule has 1 aromatic carbocycles. The summed E-state index contributed by atoms with van der Waals surface area (Å²) in [6.45, 7) is 6.31. The van der Waals surface area contributed by atoms with Gasteiger partial charge < -0.3 is 10.6 Å². The Morgan fingerprint density at radius 2 is 2.09 bits per heavy atom. The lowest BCUT2D eigenvalue weighted by atomic mass is 10.00. The van der Waals surface area contributed by atoms with Crippen molar-refractivity contribution in [2.24, 2.45) is 0 Å².